The molecule has 0 bridgehead atoms. The maximum atomic E-state index is 13.2. The van der Waals surface area contributed by atoms with Crippen LogP contribution in [0.25, 0.3) is 0 Å². The monoisotopic (exact) mass is 510 g/mol. The predicted octanol–water partition coefficient (Wildman–Crippen LogP) is 4.31. The van der Waals surface area contributed by atoms with Crippen molar-refractivity contribution in [2.45, 2.75) is 5.60 Å². The Morgan fingerprint density at radius 2 is 1.39 bits per heavy atom. The Morgan fingerprint density at radius 1 is 0.789 bits per heavy atom. The molecule has 8 nitrogen and oxygen atoms in total. The van der Waals surface area contributed by atoms with Crippen LogP contribution in [0.5, 0.6) is 17.2 Å². The first kappa shape index (κ1) is 26.1. The minimum Gasteiger partial charge on any atom is -0.497 e. The SMILES string of the molecule is COc1ccc(C(=O)Oc2ccc(/C=N\NC(=O)C(O)(c3ccccc3)c3ccccc3)cc2OC)cc1. The highest BCUT2D eigenvalue weighted by atomic mass is 16.6. The summed E-state index contributed by atoms with van der Waals surface area (Å²) >= 11 is 0. The highest BCUT2D eigenvalue weighted by Crippen LogP contribution is 2.30. The van der Waals surface area contributed by atoms with Gasteiger partial charge in [0.2, 0.25) is 0 Å². The van der Waals surface area contributed by atoms with Crippen LogP contribution in [0.1, 0.15) is 27.0 Å². The number of hydrazone groups is 1. The van der Waals surface area contributed by atoms with Crippen LogP contribution >= 0.6 is 0 Å². The van der Waals surface area contributed by atoms with E-state index in [0.29, 0.717) is 33.8 Å². The predicted molar refractivity (Wildman–Crippen MR) is 143 cm³/mol. The zero-order valence-corrected chi connectivity index (χ0v) is 20.8. The Bertz CT molecular complexity index is 1380. The number of nitrogens with one attached hydrogen (secondary N) is 1. The molecule has 192 valence electrons. The van der Waals surface area contributed by atoms with Crippen molar-refractivity contribution < 1.29 is 28.9 Å². The quantitative estimate of drug-likeness (QED) is 0.150. The highest BCUT2D eigenvalue weighted by molar-refractivity contribution is 5.92. The first-order valence-electron chi connectivity index (χ1n) is 11.7. The maximum absolute atomic E-state index is 13.2. The van der Waals surface area contributed by atoms with E-state index in [0.717, 1.165) is 0 Å². The van der Waals surface area contributed by atoms with Crippen LogP contribution in [0.3, 0.4) is 0 Å². The maximum Gasteiger partial charge on any atom is 0.343 e. The Hall–Kier alpha value is -4.95. The molecule has 0 radical (unpaired) electrons. The molecule has 0 aromatic heterocycles. The van der Waals surface area contributed by atoms with Crippen molar-refractivity contribution in [2.24, 2.45) is 5.10 Å². The van der Waals surface area contributed by atoms with Gasteiger partial charge in [0.1, 0.15) is 5.75 Å². The van der Waals surface area contributed by atoms with E-state index >= 15 is 0 Å². The van der Waals surface area contributed by atoms with Gasteiger partial charge < -0.3 is 19.3 Å². The third kappa shape index (κ3) is 5.71. The van der Waals surface area contributed by atoms with Gasteiger partial charge in [0.05, 0.1) is 26.0 Å². The average Bonchev–Trinajstić information content (AvgIpc) is 2.98. The molecule has 2 N–H and O–H groups in total. The summed E-state index contributed by atoms with van der Waals surface area (Å²) in [6.07, 6.45) is 1.39. The lowest BCUT2D eigenvalue weighted by Gasteiger charge is -2.27. The number of aliphatic hydroxyl groups is 1. The lowest BCUT2D eigenvalue weighted by Crippen LogP contribution is -2.43. The van der Waals surface area contributed by atoms with Gasteiger partial charge in [-0.15, -0.1) is 0 Å². The van der Waals surface area contributed by atoms with Crippen LogP contribution in [0.15, 0.2) is 108 Å². The molecule has 4 aromatic carbocycles. The van der Waals surface area contributed by atoms with Crippen molar-refractivity contribution in [1.82, 2.24) is 5.43 Å². The van der Waals surface area contributed by atoms with Gasteiger partial charge in [-0.3, -0.25) is 4.79 Å². The summed E-state index contributed by atoms with van der Waals surface area (Å²) in [5, 5.41) is 15.5. The molecule has 0 heterocycles. The molecule has 8 heteroatoms. The number of hydrogen-bond acceptors (Lipinski definition) is 7. The Balaban J connectivity index is 1.49. The number of rotatable bonds is 9. The number of ether oxygens (including phenoxy) is 3. The van der Waals surface area contributed by atoms with Crippen LogP contribution < -0.4 is 19.6 Å². The van der Waals surface area contributed by atoms with Crippen molar-refractivity contribution >= 4 is 18.1 Å². The molecule has 0 aliphatic heterocycles. The Labute approximate surface area is 220 Å². The highest BCUT2D eigenvalue weighted by Gasteiger charge is 2.39. The number of amides is 1. The Kier molecular flexibility index (Phi) is 8.15. The smallest absolute Gasteiger partial charge is 0.343 e. The lowest BCUT2D eigenvalue weighted by atomic mass is 9.85. The van der Waals surface area contributed by atoms with E-state index in [-0.39, 0.29) is 5.75 Å². The van der Waals surface area contributed by atoms with E-state index in [1.807, 2.05) is 0 Å². The summed E-state index contributed by atoms with van der Waals surface area (Å²) in [4.78, 5) is 25.7. The van der Waals surface area contributed by atoms with Crippen molar-refractivity contribution in [3.8, 4) is 17.2 Å². The molecule has 0 atom stereocenters. The number of methoxy groups -OCH3 is 2. The molecule has 0 aliphatic rings. The zero-order valence-electron chi connectivity index (χ0n) is 20.8. The van der Waals surface area contributed by atoms with Gasteiger partial charge in [-0.1, -0.05) is 60.7 Å². The molecular formula is C30H26N2O6. The van der Waals surface area contributed by atoms with Gasteiger partial charge in [-0.05, 0) is 59.2 Å². The molecule has 0 aliphatic carbocycles. The molecule has 0 unspecified atom stereocenters. The topological polar surface area (TPSA) is 106 Å². The van der Waals surface area contributed by atoms with Crippen LogP contribution in [-0.4, -0.2) is 37.4 Å². The first-order valence-corrected chi connectivity index (χ1v) is 11.7. The molecule has 4 aromatic rings. The van der Waals surface area contributed by atoms with E-state index < -0.39 is 17.5 Å². The van der Waals surface area contributed by atoms with E-state index in [9.17, 15) is 14.7 Å². The zero-order chi connectivity index (χ0) is 27.0. The van der Waals surface area contributed by atoms with Crippen molar-refractivity contribution in [1.29, 1.82) is 0 Å². The van der Waals surface area contributed by atoms with E-state index in [4.69, 9.17) is 14.2 Å². The van der Waals surface area contributed by atoms with Gasteiger partial charge in [0, 0.05) is 0 Å². The molecule has 4 rings (SSSR count). The minimum atomic E-state index is -1.95. The van der Waals surface area contributed by atoms with Gasteiger partial charge >= 0.3 is 5.97 Å². The van der Waals surface area contributed by atoms with Crippen molar-refractivity contribution in [3.63, 3.8) is 0 Å². The van der Waals surface area contributed by atoms with Crippen molar-refractivity contribution in [3.05, 3.63) is 125 Å². The second-order valence-corrected chi connectivity index (χ2v) is 8.17. The molecule has 0 saturated carbocycles. The largest absolute Gasteiger partial charge is 0.497 e. The van der Waals surface area contributed by atoms with Gasteiger partial charge in [0.25, 0.3) is 5.91 Å². The molecular weight excluding hydrogens is 484 g/mol. The standard InChI is InChI=1S/C30H26N2O6/c1-36-25-16-14-22(15-17-25)28(33)38-26-18-13-21(19-27(26)37-2)20-31-32-29(34)30(35,23-9-5-3-6-10-23)24-11-7-4-8-12-24/h3-20,35H,1-2H3,(H,32,34)/b31-20-. The van der Waals surface area contributed by atoms with Crippen LogP contribution in [0.2, 0.25) is 0 Å². The van der Waals surface area contributed by atoms with Crippen LogP contribution in [-0.2, 0) is 10.4 Å². The molecule has 0 spiro atoms. The van der Waals surface area contributed by atoms with Crippen LogP contribution in [0, 0.1) is 0 Å². The molecule has 38 heavy (non-hydrogen) atoms. The number of nitrogens with zero attached hydrogens (tertiary/aromatic N) is 1. The summed E-state index contributed by atoms with van der Waals surface area (Å²) < 4.78 is 16.0. The summed E-state index contributed by atoms with van der Waals surface area (Å²) in [7, 11) is 2.99. The second-order valence-electron chi connectivity index (χ2n) is 8.17. The van der Waals surface area contributed by atoms with Gasteiger partial charge in [-0.2, -0.15) is 5.10 Å². The number of carbonyl (C=O) groups excluding carboxylic acids is 2. The van der Waals surface area contributed by atoms with Gasteiger partial charge in [0.15, 0.2) is 17.1 Å². The lowest BCUT2D eigenvalue weighted by molar-refractivity contribution is -0.136. The normalized spacial score (nSPS) is 11.1. The van der Waals surface area contributed by atoms with E-state index in [1.54, 1.807) is 110 Å². The van der Waals surface area contributed by atoms with E-state index in [2.05, 4.69) is 10.5 Å². The summed E-state index contributed by atoms with van der Waals surface area (Å²) in [5.41, 5.74) is 2.21. The molecule has 1 amide bonds. The average molecular weight is 511 g/mol. The third-order valence-corrected chi connectivity index (χ3v) is 5.81. The summed E-state index contributed by atoms with van der Waals surface area (Å²) in [6.45, 7) is 0. The fourth-order valence-electron chi connectivity index (χ4n) is 3.77. The second kappa shape index (κ2) is 11.9. The molecule has 0 fully saturated rings. The molecule has 0 saturated heterocycles. The number of carbonyl (C=O) groups is 2. The summed E-state index contributed by atoms with van der Waals surface area (Å²) in [6, 6.07) is 28.6. The number of esters is 1. The van der Waals surface area contributed by atoms with Crippen molar-refractivity contribution in [2.75, 3.05) is 14.2 Å². The van der Waals surface area contributed by atoms with Crippen LogP contribution in [0.4, 0.5) is 0 Å². The fourth-order valence-corrected chi connectivity index (χ4v) is 3.77. The first-order chi connectivity index (χ1) is 18.5. The number of hydrogen-bond donors (Lipinski definition) is 2. The van der Waals surface area contributed by atoms with E-state index in [1.165, 1.54) is 13.3 Å². The Morgan fingerprint density at radius 3 is 1.95 bits per heavy atom. The number of benzene rings is 4. The third-order valence-electron chi connectivity index (χ3n) is 5.81. The van der Waals surface area contributed by atoms with Gasteiger partial charge in [-0.25, -0.2) is 10.2 Å². The summed E-state index contributed by atoms with van der Waals surface area (Å²) in [5.74, 6) is -0.131. The fraction of sp³-hybridized carbons (Fsp3) is 0.100. The minimum absolute atomic E-state index is 0.219.